The summed E-state index contributed by atoms with van der Waals surface area (Å²) in [4.78, 5) is 2.98. The third-order valence-corrected chi connectivity index (χ3v) is 2.47. The van der Waals surface area contributed by atoms with E-state index in [4.69, 9.17) is 28.4 Å². The van der Waals surface area contributed by atoms with E-state index in [9.17, 15) is 0 Å². The smallest absolute Gasteiger partial charge is 0.177 e. The molecule has 0 amide bonds. The van der Waals surface area contributed by atoms with E-state index in [1.807, 2.05) is 6.07 Å². The maximum atomic E-state index is 8.54. The van der Waals surface area contributed by atoms with Crippen LogP contribution in [0.1, 0.15) is 5.56 Å². The number of oxime groups is 1. The molecule has 0 atom stereocenters. The minimum Gasteiger partial charge on any atom is -0.410 e. The summed E-state index contributed by atoms with van der Waals surface area (Å²) in [6, 6.07) is 5.35. The molecule has 0 aliphatic rings. The van der Waals surface area contributed by atoms with Gasteiger partial charge in [0.25, 0.3) is 0 Å². The first kappa shape index (κ1) is 9.37. The number of rotatable bonds is 1. The van der Waals surface area contributed by atoms with Gasteiger partial charge in [0.05, 0.1) is 0 Å². The topological polar surface area (TPSA) is 48.4 Å². The van der Waals surface area contributed by atoms with Crippen molar-refractivity contribution in [3.8, 4) is 0 Å². The second kappa shape index (κ2) is 3.52. The van der Waals surface area contributed by atoms with Crippen LogP contribution in [0.15, 0.2) is 29.6 Å². The zero-order valence-corrected chi connectivity index (χ0v) is 8.47. The van der Waals surface area contributed by atoms with Crippen LogP contribution in [0.25, 0.3) is 10.9 Å². The molecule has 72 valence electrons. The molecule has 1 heterocycles. The molecule has 2 rings (SSSR count). The van der Waals surface area contributed by atoms with E-state index in [1.165, 1.54) is 0 Å². The van der Waals surface area contributed by atoms with Crippen molar-refractivity contribution in [3.05, 3.63) is 35.0 Å². The Morgan fingerprint density at radius 3 is 2.93 bits per heavy atom. The summed E-state index contributed by atoms with van der Waals surface area (Å²) in [7, 11) is 0. The lowest BCUT2D eigenvalue weighted by atomic mass is 10.2. The second-order valence-corrected chi connectivity index (χ2v) is 3.58. The molecule has 2 aromatic rings. The molecule has 5 heteroatoms. The van der Waals surface area contributed by atoms with Gasteiger partial charge in [-0.25, -0.2) is 0 Å². The van der Waals surface area contributed by atoms with Crippen molar-refractivity contribution in [2.45, 2.75) is 0 Å². The Bertz CT molecular complexity index is 504. The second-order valence-electron chi connectivity index (χ2n) is 2.78. The standard InChI is InChI=1S/C9H6Cl2N2O/c10-5-1-2-6-7(9(11)13-14)4-12-8(6)3-5/h1-4,12,14H. The average molecular weight is 229 g/mol. The molecule has 0 saturated carbocycles. The highest BCUT2D eigenvalue weighted by Crippen LogP contribution is 2.23. The Balaban J connectivity index is 2.70. The maximum Gasteiger partial charge on any atom is 0.177 e. The summed E-state index contributed by atoms with van der Waals surface area (Å²) in [6.07, 6.45) is 1.67. The summed E-state index contributed by atoms with van der Waals surface area (Å²) >= 11 is 11.5. The molecular weight excluding hydrogens is 223 g/mol. The molecule has 14 heavy (non-hydrogen) atoms. The molecule has 0 spiro atoms. The van der Waals surface area contributed by atoms with E-state index >= 15 is 0 Å². The van der Waals surface area contributed by atoms with Crippen molar-refractivity contribution in [2.75, 3.05) is 0 Å². The SMILES string of the molecule is ON=C(Cl)c1c[nH]c2cc(Cl)ccc12. The van der Waals surface area contributed by atoms with E-state index in [-0.39, 0.29) is 5.17 Å². The number of nitrogens with zero attached hydrogens (tertiary/aromatic N) is 1. The van der Waals surface area contributed by atoms with Crippen LogP contribution < -0.4 is 0 Å². The first-order valence-electron chi connectivity index (χ1n) is 3.87. The van der Waals surface area contributed by atoms with E-state index in [0.29, 0.717) is 10.6 Å². The maximum absolute atomic E-state index is 8.54. The Morgan fingerprint density at radius 1 is 1.43 bits per heavy atom. The molecule has 0 aliphatic heterocycles. The van der Waals surface area contributed by atoms with Crippen LogP contribution in [-0.4, -0.2) is 15.4 Å². The molecule has 3 nitrogen and oxygen atoms in total. The molecule has 0 radical (unpaired) electrons. The number of fused-ring (bicyclic) bond motifs is 1. The third-order valence-electron chi connectivity index (χ3n) is 1.95. The first-order valence-corrected chi connectivity index (χ1v) is 4.62. The predicted molar refractivity (Wildman–Crippen MR) is 57.5 cm³/mol. The van der Waals surface area contributed by atoms with Gasteiger partial charge in [0.15, 0.2) is 5.17 Å². The first-order chi connectivity index (χ1) is 6.72. The van der Waals surface area contributed by atoms with Gasteiger partial charge in [0.1, 0.15) is 0 Å². The van der Waals surface area contributed by atoms with Gasteiger partial charge in [-0.1, -0.05) is 34.4 Å². The van der Waals surface area contributed by atoms with Crippen LogP contribution in [0.2, 0.25) is 5.02 Å². The van der Waals surface area contributed by atoms with Gasteiger partial charge in [-0.15, -0.1) is 0 Å². The molecule has 1 aromatic heterocycles. The largest absolute Gasteiger partial charge is 0.410 e. The third kappa shape index (κ3) is 1.45. The van der Waals surface area contributed by atoms with Crippen molar-refractivity contribution in [1.82, 2.24) is 4.98 Å². The average Bonchev–Trinajstić information content (AvgIpc) is 2.59. The van der Waals surface area contributed by atoms with Crippen LogP contribution in [0.5, 0.6) is 0 Å². The van der Waals surface area contributed by atoms with E-state index in [1.54, 1.807) is 18.3 Å². The zero-order valence-electron chi connectivity index (χ0n) is 6.96. The van der Waals surface area contributed by atoms with Crippen LogP contribution in [0, 0.1) is 0 Å². The minimum atomic E-state index is 0.0542. The highest BCUT2D eigenvalue weighted by atomic mass is 35.5. The Morgan fingerprint density at radius 2 is 2.21 bits per heavy atom. The van der Waals surface area contributed by atoms with Crippen molar-refractivity contribution < 1.29 is 5.21 Å². The lowest BCUT2D eigenvalue weighted by molar-refractivity contribution is 0.321. The van der Waals surface area contributed by atoms with Gasteiger partial charge >= 0.3 is 0 Å². The fourth-order valence-corrected chi connectivity index (χ4v) is 1.65. The number of hydrogen-bond donors (Lipinski definition) is 2. The Kier molecular flexibility index (Phi) is 2.35. The number of aromatic amines is 1. The van der Waals surface area contributed by atoms with Crippen molar-refractivity contribution in [3.63, 3.8) is 0 Å². The summed E-state index contributed by atoms with van der Waals surface area (Å²) in [5, 5.41) is 13.0. The monoisotopic (exact) mass is 228 g/mol. The van der Waals surface area contributed by atoms with Gasteiger partial charge in [0.2, 0.25) is 0 Å². The fourth-order valence-electron chi connectivity index (χ4n) is 1.32. The van der Waals surface area contributed by atoms with E-state index in [0.717, 1.165) is 10.9 Å². The van der Waals surface area contributed by atoms with Gasteiger partial charge in [0, 0.05) is 27.7 Å². The van der Waals surface area contributed by atoms with Crippen molar-refractivity contribution in [1.29, 1.82) is 0 Å². The van der Waals surface area contributed by atoms with Crippen LogP contribution in [0.4, 0.5) is 0 Å². The Labute approximate surface area is 89.9 Å². The summed E-state index contributed by atoms with van der Waals surface area (Å²) < 4.78 is 0. The quantitative estimate of drug-likeness (QED) is 0.440. The molecule has 0 unspecified atom stereocenters. The summed E-state index contributed by atoms with van der Waals surface area (Å²) in [5.74, 6) is 0. The Hall–Kier alpha value is -1.19. The van der Waals surface area contributed by atoms with Crippen LogP contribution in [0.3, 0.4) is 0 Å². The van der Waals surface area contributed by atoms with E-state index < -0.39 is 0 Å². The van der Waals surface area contributed by atoms with Gasteiger partial charge in [-0.2, -0.15) is 0 Å². The highest BCUT2D eigenvalue weighted by Gasteiger charge is 2.08. The van der Waals surface area contributed by atoms with Crippen molar-refractivity contribution in [2.24, 2.45) is 5.16 Å². The van der Waals surface area contributed by atoms with Gasteiger partial charge < -0.3 is 10.2 Å². The zero-order chi connectivity index (χ0) is 10.1. The molecule has 0 saturated heterocycles. The predicted octanol–water partition coefficient (Wildman–Crippen LogP) is 3.20. The van der Waals surface area contributed by atoms with Crippen LogP contribution in [-0.2, 0) is 0 Å². The minimum absolute atomic E-state index is 0.0542. The summed E-state index contributed by atoms with van der Waals surface area (Å²) in [6.45, 7) is 0. The number of benzene rings is 1. The summed E-state index contributed by atoms with van der Waals surface area (Å²) in [5.41, 5.74) is 1.51. The molecule has 2 N–H and O–H groups in total. The van der Waals surface area contributed by atoms with E-state index in [2.05, 4.69) is 10.1 Å². The number of nitrogens with one attached hydrogen (secondary N) is 1. The molecule has 0 bridgehead atoms. The normalized spacial score (nSPS) is 12.3. The number of halogens is 2. The molecule has 1 aromatic carbocycles. The molecular formula is C9H6Cl2N2O. The number of aromatic nitrogens is 1. The van der Waals surface area contributed by atoms with Gasteiger partial charge in [-0.05, 0) is 12.1 Å². The van der Waals surface area contributed by atoms with Gasteiger partial charge in [-0.3, -0.25) is 0 Å². The van der Waals surface area contributed by atoms with Crippen LogP contribution >= 0.6 is 23.2 Å². The lowest BCUT2D eigenvalue weighted by Gasteiger charge is -1.94. The molecule has 0 fully saturated rings. The number of hydrogen-bond acceptors (Lipinski definition) is 2. The van der Waals surface area contributed by atoms with Crippen molar-refractivity contribution >= 4 is 39.3 Å². The highest BCUT2D eigenvalue weighted by molar-refractivity contribution is 6.70. The number of H-pyrrole nitrogens is 1. The molecule has 0 aliphatic carbocycles. The fraction of sp³-hybridized carbons (Fsp3) is 0. The lowest BCUT2D eigenvalue weighted by Crippen LogP contribution is -1.87.